The second kappa shape index (κ2) is 19.9. The van der Waals surface area contributed by atoms with Crippen molar-refractivity contribution in [3.05, 3.63) is 112 Å². The van der Waals surface area contributed by atoms with E-state index in [9.17, 15) is 13.6 Å². The van der Waals surface area contributed by atoms with Crippen molar-refractivity contribution in [3.8, 4) is 22.8 Å². The van der Waals surface area contributed by atoms with Gasteiger partial charge in [-0.3, -0.25) is 4.98 Å². The molecule has 19 heteroatoms. The first-order valence-electron chi connectivity index (χ1n) is 18.3. The average Bonchev–Trinajstić information content (AvgIpc) is 3.22. The number of hydrogen-bond acceptors (Lipinski definition) is 14. The monoisotopic (exact) mass is 874 g/mol. The fourth-order valence-corrected chi connectivity index (χ4v) is 6.14. The van der Waals surface area contributed by atoms with Crippen molar-refractivity contribution in [1.29, 1.82) is 0 Å². The van der Waals surface area contributed by atoms with Gasteiger partial charge in [-0.2, -0.15) is 0 Å². The predicted molar refractivity (Wildman–Crippen MR) is 233 cm³/mol. The molecule has 7 rings (SSSR count). The number of carbonyl (C=O) groups is 1. The molecule has 60 heavy (non-hydrogen) atoms. The van der Waals surface area contributed by atoms with Gasteiger partial charge in [0, 0.05) is 48.6 Å². The van der Waals surface area contributed by atoms with Crippen LogP contribution in [-0.4, -0.2) is 112 Å². The molecule has 7 aromatic rings. The normalized spacial score (nSPS) is 11.1. The highest BCUT2D eigenvalue weighted by Gasteiger charge is 2.19. The molecule has 3 N–H and O–H groups in total. The van der Waals surface area contributed by atoms with E-state index >= 15 is 0 Å². The van der Waals surface area contributed by atoms with E-state index in [0.717, 1.165) is 19.6 Å². The van der Waals surface area contributed by atoms with Gasteiger partial charge in [0.1, 0.15) is 39.8 Å². The molecule has 0 unspecified atom stereocenters. The minimum Gasteiger partial charge on any atom is -0.465 e. The molecule has 0 saturated heterocycles. The number of anilines is 4. The number of ether oxygens (including phenoxy) is 1. The predicted octanol–water partition coefficient (Wildman–Crippen LogP) is 8.49. The first-order chi connectivity index (χ1) is 28.8. The Morgan fingerprint density at radius 1 is 0.683 bits per heavy atom. The number of likely N-dealkylation sites (N-methyl/N-ethyl adjacent to an activating group) is 2. The van der Waals surface area contributed by atoms with Crippen molar-refractivity contribution in [2.75, 3.05) is 77.4 Å². The lowest BCUT2D eigenvalue weighted by Crippen LogP contribution is -2.21. The summed E-state index contributed by atoms with van der Waals surface area (Å²) in [4.78, 5) is 47.0. The van der Waals surface area contributed by atoms with Crippen LogP contribution >= 0.6 is 34.8 Å². The van der Waals surface area contributed by atoms with Crippen LogP contribution in [0.15, 0.2) is 79.1 Å². The Balaban J connectivity index is 0.000000213. The minimum absolute atomic E-state index is 0.0895. The lowest BCUT2D eigenvalue weighted by Gasteiger charge is -2.14. The molecule has 310 valence electrons. The molecule has 0 bridgehead atoms. The van der Waals surface area contributed by atoms with Crippen molar-refractivity contribution >= 4 is 86.0 Å². The molecule has 14 nitrogen and oxygen atoms in total. The summed E-state index contributed by atoms with van der Waals surface area (Å²) in [7, 11) is 9.24. The molecule has 5 aromatic heterocycles. The van der Waals surface area contributed by atoms with Crippen molar-refractivity contribution < 1.29 is 18.3 Å². The van der Waals surface area contributed by atoms with E-state index in [1.54, 1.807) is 24.3 Å². The number of hydrogen-bond donors (Lipinski definition) is 3. The molecule has 0 aliphatic heterocycles. The van der Waals surface area contributed by atoms with Crippen molar-refractivity contribution in [3.63, 3.8) is 0 Å². The SMILES string of the molecule is CN(C)CCNc1ccc2c(Cl)nc(-c3cc(Cl)ccc3F)nc2n1.COC(=O)c1cnccc1Nc1nc(-c2cc(Cl)ccc2F)nc2nc(NCCN(C)C)ccc12. The quantitative estimate of drug-likeness (QED) is 0.0748. The summed E-state index contributed by atoms with van der Waals surface area (Å²) in [6.07, 6.45) is 2.92. The smallest absolute Gasteiger partial charge is 0.341 e. The van der Waals surface area contributed by atoms with Gasteiger partial charge >= 0.3 is 5.97 Å². The van der Waals surface area contributed by atoms with E-state index in [4.69, 9.17) is 39.5 Å². The Kier molecular flexibility index (Phi) is 14.5. The second-order valence-electron chi connectivity index (χ2n) is 13.6. The number of nitrogens with one attached hydrogen (secondary N) is 3. The molecule has 0 radical (unpaired) electrons. The van der Waals surface area contributed by atoms with Crippen LogP contribution in [0.4, 0.5) is 31.9 Å². The minimum atomic E-state index is -0.564. The van der Waals surface area contributed by atoms with E-state index in [2.05, 4.69) is 55.7 Å². The molecular weight excluding hydrogens is 837 g/mol. The second-order valence-corrected chi connectivity index (χ2v) is 14.8. The van der Waals surface area contributed by atoms with Gasteiger partial charge in [0.15, 0.2) is 22.9 Å². The standard InChI is InChI=1S/C24H23ClFN7O2.C17H16Cl2FN5/c1-33(2)11-10-28-20-7-5-15-21(29-19-8-9-27-13-17(19)24(34)35-3)31-23(32-22(15)30-20)16-12-14(25)4-6-18(16)26;1-25(2)8-7-21-14-6-4-11-15(19)23-17(24-16(11)22-14)12-9-10(18)3-5-13(12)20/h4-9,12-13H,10-11H2,1-3H3,(H2,27,28,29,30,31,32);3-6,9H,7-8H2,1-2H3,(H,21,22,23,24). The van der Waals surface area contributed by atoms with Crippen molar-refractivity contribution in [2.45, 2.75) is 0 Å². The van der Waals surface area contributed by atoms with Crippen LogP contribution in [0.3, 0.4) is 0 Å². The average molecular weight is 876 g/mol. The Morgan fingerprint density at radius 3 is 1.77 bits per heavy atom. The number of carbonyl (C=O) groups excluding carboxylic acids is 1. The molecule has 0 amide bonds. The van der Waals surface area contributed by atoms with Crippen LogP contribution in [0.1, 0.15) is 10.4 Å². The molecular formula is C41H39Cl3F2N12O2. The largest absolute Gasteiger partial charge is 0.465 e. The van der Waals surface area contributed by atoms with Crippen molar-refractivity contribution in [1.82, 2.24) is 44.7 Å². The highest BCUT2D eigenvalue weighted by atomic mass is 35.5. The molecule has 5 heterocycles. The summed E-state index contributed by atoms with van der Waals surface area (Å²) in [6.45, 7) is 3.09. The lowest BCUT2D eigenvalue weighted by molar-refractivity contribution is 0.0601. The molecule has 0 atom stereocenters. The van der Waals surface area contributed by atoms with Crippen LogP contribution in [0, 0.1) is 11.6 Å². The van der Waals surface area contributed by atoms with E-state index in [1.165, 1.54) is 55.9 Å². The summed E-state index contributed by atoms with van der Waals surface area (Å²) in [5.41, 5.74) is 1.66. The third kappa shape index (κ3) is 11.0. The van der Waals surface area contributed by atoms with Crippen LogP contribution in [-0.2, 0) is 4.74 Å². The number of pyridine rings is 3. The van der Waals surface area contributed by atoms with E-state index in [1.807, 2.05) is 39.2 Å². The summed E-state index contributed by atoms with van der Waals surface area (Å²) in [5.74, 6) is 0.280. The van der Waals surface area contributed by atoms with Gasteiger partial charge in [-0.15, -0.1) is 0 Å². The highest BCUT2D eigenvalue weighted by molar-refractivity contribution is 6.34. The van der Waals surface area contributed by atoms with Crippen LogP contribution in [0.2, 0.25) is 15.2 Å². The lowest BCUT2D eigenvalue weighted by atomic mass is 10.2. The fourth-order valence-electron chi connectivity index (χ4n) is 5.57. The van der Waals surface area contributed by atoms with E-state index < -0.39 is 17.6 Å². The zero-order valence-corrected chi connectivity index (χ0v) is 35.3. The summed E-state index contributed by atoms with van der Waals surface area (Å²) >= 11 is 18.3. The first kappa shape index (κ1) is 43.7. The molecule has 0 saturated carbocycles. The van der Waals surface area contributed by atoms with Gasteiger partial charge in [-0.1, -0.05) is 34.8 Å². The zero-order valence-electron chi connectivity index (χ0n) is 33.1. The van der Waals surface area contributed by atoms with E-state index in [0.29, 0.717) is 61.8 Å². The maximum absolute atomic E-state index is 14.7. The first-order valence-corrected chi connectivity index (χ1v) is 19.4. The zero-order chi connectivity index (χ0) is 42.9. The number of rotatable bonds is 13. The molecule has 0 aliphatic rings. The van der Waals surface area contributed by atoms with Gasteiger partial charge in [0.25, 0.3) is 0 Å². The van der Waals surface area contributed by atoms with E-state index in [-0.39, 0.29) is 33.5 Å². The number of fused-ring (bicyclic) bond motifs is 2. The highest BCUT2D eigenvalue weighted by Crippen LogP contribution is 2.32. The van der Waals surface area contributed by atoms with Gasteiger partial charge in [-0.05, 0) is 94.9 Å². The third-order valence-electron chi connectivity index (χ3n) is 8.62. The molecule has 0 aliphatic carbocycles. The van der Waals surface area contributed by atoms with Gasteiger partial charge in [-0.25, -0.2) is 43.5 Å². The Labute approximate surface area is 359 Å². The van der Waals surface area contributed by atoms with Crippen LogP contribution in [0.5, 0.6) is 0 Å². The summed E-state index contributed by atoms with van der Waals surface area (Å²) in [6, 6.07) is 17.2. The number of esters is 1. The number of halogens is 5. The molecule has 2 aromatic carbocycles. The number of nitrogens with zero attached hydrogens (tertiary/aromatic N) is 9. The number of methoxy groups -OCH3 is 1. The van der Waals surface area contributed by atoms with Crippen LogP contribution < -0.4 is 16.0 Å². The molecule has 0 spiro atoms. The van der Waals surface area contributed by atoms with Gasteiger partial charge < -0.3 is 30.5 Å². The third-order valence-corrected chi connectivity index (χ3v) is 9.38. The van der Waals surface area contributed by atoms with Gasteiger partial charge in [0.2, 0.25) is 0 Å². The molecule has 0 fully saturated rings. The van der Waals surface area contributed by atoms with Crippen molar-refractivity contribution in [2.24, 2.45) is 0 Å². The Hall–Kier alpha value is -5.91. The Bertz CT molecular complexity index is 2660. The topological polar surface area (TPSA) is 159 Å². The van der Waals surface area contributed by atoms with Gasteiger partial charge in [0.05, 0.1) is 34.7 Å². The Morgan fingerprint density at radius 2 is 1.22 bits per heavy atom. The number of aromatic nitrogens is 7. The summed E-state index contributed by atoms with van der Waals surface area (Å²) in [5, 5.41) is 11.7. The maximum atomic E-state index is 14.7. The van der Waals surface area contributed by atoms with Crippen LogP contribution in [0.25, 0.3) is 44.8 Å². The fraction of sp³-hybridized carbons (Fsp3) is 0.220. The maximum Gasteiger partial charge on any atom is 0.341 e. The summed E-state index contributed by atoms with van der Waals surface area (Å²) < 4.78 is 33.6. The number of benzene rings is 2.